The lowest BCUT2D eigenvalue weighted by Crippen LogP contribution is -2.30. The van der Waals surface area contributed by atoms with Gasteiger partial charge < -0.3 is 14.6 Å². The van der Waals surface area contributed by atoms with E-state index in [1.54, 1.807) is 24.3 Å². The summed E-state index contributed by atoms with van der Waals surface area (Å²) in [5.41, 5.74) is 1.41. The van der Waals surface area contributed by atoms with Crippen molar-refractivity contribution in [3.05, 3.63) is 59.7 Å². The number of hydrogen-bond acceptors (Lipinski definition) is 4. The smallest absolute Gasteiger partial charge is 0.335 e. The first-order valence-electron chi connectivity index (χ1n) is 7.61. The van der Waals surface area contributed by atoms with E-state index in [1.165, 1.54) is 5.56 Å². The summed E-state index contributed by atoms with van der Waals surface area (Å²) in [5.74, 6) is 0.582. The van der Waals surface area contributed by atoms with Gasteiger partial charge in [-0.2, -0.15) is 0 Å². The van der Waals surface area contributed by atoms with Crippen LogP contribution in [-0.4, -0.2) is 42.3 Å². The van der Waals surface area contributed by atoms with Gasteiger partial charge in [-0.1, -0.05) is 24.3 Å². The lowest BCUT2D eigenvalue weighted by atomic mass is 10.2. The second-order valence-corrected chi connectivity index (χ2v) is 5.41. The number of carbonyl (C=O) groups is 1. The molecule has 1 heterocycles. The van der Waals surface area contributed by atoms with Crippen LogP contribution >= 0.6 is 0 Å². The van der Waals surface area contributed by atoms with E-state index in [-0.39, 0.29) is 5.56 Å². The molecule has 1 aliphatic heterocycles. The third kappa shape index (κ3) is 4.02. The van der Waals surface area contributed by atoms with Crippen LogP contribution in [-0.2, 0) is 6.54 Å². The number of aromatic carboxylic acids is 1. The summed E-state index contributed by atoms with van der Waals surface area (Å²) in [6.45, 7) is 3.59. The van der Waals surface area contributed by atoms with Gasteiger partial charge >= 0.3 is 5.97 Å². The zero-order valence-electron chi connectivity index (χ0n) is 12.8. The average Bonchev–Trinajstić information content (AvgIpc) is 2.77. The maximum absolute atomic E-state index is 11.0. The largest absolute Gasteiger partial charge is 0.492 e. The molecule has 0 spiro atoms. The minimum Gasteiger partial charge on any atom is -0.492 e. The molecule has 1 N–H and O–H groups in total. The van der Waals surface area contributed by atoms with E-state index in [0.717, 1.165) is 25.4 Å². The molecule has 0 unspecified atom stereocenters. The molecule has 0 radical (unpaired) electrons. The third-order valence-corrected chi connectivity index (χ3v) is 3.79. The SMILES string of the molecule is O=C(O)c1cccc(OCCN2CCOc3ccccc3C2)c1. The van der Waals surface area contributed by atoms with Gasteiger partial charge in [0, 0.05) is 25.2 Å². The van der Waals surface area contributed by atoms with E-state index in [1.807, 2.05) is 18.2 Å². The van der Waals surface area contributed by atoms with E-state index < -0.39 is 5.97 Å². The highest BCUT2D eigenvalue weighted by Gasteiger charge is 2.14. The van der Waals surface area contributed by atoms with Crippen LogP contribution in [0.25, 0.3) is 0 Å². The van der Waals surface area contributed by atoms with Crippen molar-refractivity contribution < 1.29 is 19.4 Å². The highest BCUT2D eigenvalue weighted by Crippen LogP contribution is 2.22. The minimum atomic E-state index is -0.947. The zero-order chi connectivity index (χ0) is 16.1. The molecule has 3 rings (SSSR count). The van der Waals surface area contributed by atoms with Crippen molar-refractivity contribution in [3.8, 4) is 11.5 Å². The summed E-state index contributed by atoms with van der Waals surface area (Å²) >= 11 is 0. The maximum Gasteiger partial charge on any atom is 0.335 e. The van der Waals surface area contributed by atoms with E-state index >= 15 is 0 Å². The van der Waals surface area contributed by atoms with Crippen LogP contribution in [0.15, 0.2) is 48.5 Å². The number of benzene rings is 2. The van der Waals surface area contributed by atoms with Crippen molar-refractivity contribution >= 4 is 5.97 Å². The van der Waals surface area contributed by atoms with Crippen LogP contribution < -0.4 is 9.47 Å². The van der Waals surface area contributed by atoms with E-state index in [0.29, 0.717) is 19.0 Å². The number of carboxylic acids is 1. The second-order valence-electron chi connectivity index (χ2n) is 5.41. The molecular formula is C18H19NO4. The van der Waals surface area contributed by atoms with Crippen LogP contribution in [0.4, 0.5) is 0 Å². The Labute approximate surface area is 135 Å². The average molecular weight is 313 g/mol. The summed E-state index contributed by atoms with van der Waals surface area (Å²) in [6.07, 6.45) is 0. The van der Waals surface area contributed by atoms with Gasteiger partial charge in [-0.25, -0.2) is 4.79 Å². The van der Waals surface area contributed by atoms with E-state index in [2.05, 4.69) is 11.0 Å². The van der Waals surface area contributed by atoms with Crippen molar-refractivity contribution in [2.24, 2.45) is 0 Å². The molecule has 0 aliphatic carbocycles. The van der Waals surface area contributed by atoms with Gasteiger partial charge in [0.15, 0.2) is 0 Å². The lowest BCUT2D eigenvalue weighted by Gasteiger charge is -2.19. The summed E-state index contributed by atoms with van der Waals surface area (Å²) < 4.78 is 11.4. The molecule has 0 aromatic heterocycles. The monoisotopic (exact) mass is 313 g/mol. The Balaban J connectivity index is 1.55. The summed E-state index contributed by atoms with van der Waals surface area (Å²) in [7, 11) is 0. The molecule has 0 atom stereocenters. The normalized spacial score (nSPS) is 14.4. The van der Waals surface area contributed by atoms with Crippen molar-refractivity contribution in [3.63, 3.8) is 0 Å². The van der Waals surface area contributed by atoms with Crippen molar-refractivity contribution in [1.82, 2.24) is 4.90 Å². The summed E-state index contributed by atoms with van der Waals surface area (Å²) in [6, 6.07) is 14.6. The second kappa shape index (κ2) is 7.15. The van der Waals surface area contributed by atoms with Gasteiger partial charge in [0.1, 0.15) is 24.7 Å². The number of ether oxygens (including phenoxy) is 2. The maximum atomic E-state index is 11.0. The number of para-hydroxylation sites is 1. The van der Waals surface area contributed by atoms with Crippen LogP contribution in [0.5, 0.6) is 11.5 Å². The fraction of sp³-hybridized carbons (Fsp3) is 0.278. The molecule has 0 amide bonds. The number of fused-ring (bicyclic) bond motifs is 1. The zero-order valence-corrected chi connectivity index (χ0v) is 12.8. The molecule has 23 heavy (non-hydrogen) atoms. The standard InChI is InChI=1S/C18H19NO4/c20-18(21)14-5-3-6-16(12-14)22-10-8-19-9-11-23-17-7-2-1-4-15(17)13-19/h1-7,12H,8-11,13H2,(H,20,21). The van der Waals surface area contributed by atoms with E-state index in [9.17, 15) is 4.79 Å². The van der Waals surface area contributed by atoms with Crippen molar-refractivity contribution in [2.75, 3.05) is 26.3 Å². The molecule has 2 aromatic carbocycles. The fourth-order valence-electron chi connectivity index (χ4n) is 2.58. The first kappa shape index (κ1) is 15.4. The predicted molar refractivity (Wildman–Crippen MR) is 86.1 cm³/mol. The number of carboxylic acid groups (broad SMARTS) is 1. The van der Waals surface area contributed by atoms with Gasteiger partial charge in [-0.15, -0.1) is 0 Å². The van der Waals surface area contributed by atoms with Gasteiger partial charge in [-0.05, 0) is 24.3 Å². The molecule has 0 fully saturated rings. The molecule has 0 saturated heterocycles. The van der Waals surface area contributed by atoms with Gasteiger partial charge in [0.2, 0.25) is 0 Å². The molecule has 2 aromatic rings. The van der Waals surface area contributed by atoms with Crippen LogP contribution in [0.2, 0.25) is 0 Å². The molecule has 5 nitrogen and oxygen atoms in total. The predicted octanol–water partition coefficient (Wildman–Crippen LogP) is 2.66. The highest BCUT2D eigenvalue weighted by molar-refractivity contribution is 5.87. The van der Waals surface area contributed by atoms with E-state index in [4.69, 9.17) is 14.6 Å². The first-order chi connectivity index (χ1) is 11.2. The fourth-order valence-corrected chi connectivity index (χ4v) is 2.58. The Bertz CT molecular complexity index is 686. The molecular weight excluding hydrogens is 294 g/mol. The quantitative estimate of drug-likeness (QED) is 0.919. The van der Waals surface area contributed by atoms with Crippen molar-refractivity contribution in [2.45, 2.75) is 6.54 Å². The molecule has 1 aliphatic rings. The number of rotatable bonds is 5. The molecule has 0 bridgehead atoms. The number of nitrogens with zero attached hydrogens (tertiary/aromatic N) is 1. The van der Waals surface area contributed by atoms with Gasteiger partial charge in [-0.3, -0.25) is 4.90 Å². The summed E-state index contributed by atoms with van der Waals surface area (Å²) in [4.78, 5) is 13.2. The van der Waals surface area contributed by atoms with Crippen LogP contribution in [0.3, 0.4) is 0 Å². The Morgan fingerprint density at radius 2 is 2.09 bits per heavy atom. The van der Waals surface area contributed by atoms with Crippen molar-refractivity contribution in [1.29, 1.82) is 0 Å². The van der Waals surface area contributed by atoms with Crippen LogP contribution in [0.1, 0.15) is 15.9 Å². The van der Waals surface area contributed by atoms with Gasteiger partial charge in [0.25, 0.3) is 0 Å². The van der Waals surface area contributed by atoms with Gasteiger partial charge in [0.05, 0.1) is 5.56 Å². The lowest BCUT2D eigenvalue weighted by molar-refractivity contribution is 0.0696. The van der Waals surface area contributed by atoms with Crippen LogP contribution in [0, 0.1) is 0 Å². The summed E-state index contributed by atoms with van der Waals surface area (Å²) in [5, 5.41) is 8.99. The molecule has 0 saturated carbocycles. The Morgan fingerprint density at radius 1 is 1.22 bits per heavy atom. The third-order valence-electron chi connectivity index (χ3n) is 3.79. The molecule has 120 valence electrons. The topological polar surface area (TPSA) is 59.0 Å². The Hall–Kier alpha value is -2.53. The molecule has 5 heteroatoms. The Morgan fingerprint density at radius 3 is 2.96 bits per heavy atom. The Kier molecular flexibility index (Phi) is 4.78. The minimum absolute atomic E-state index is 0.236. The first-order valence-corrected chi connectivity index (χ1v) is 7.61. The number of hydrogen-bond donors (Lipinski definition) is 1. The highest BCUT2D eigenvalue weighted by atomic mass is 16.5.